The average Bonchev–Trinajstić information content (AvgIpc) is 2.26. The molecule has 0 heterocycles. The highest BCUT2D eigenvalue weighted by Crippen LogP contribution is 2.19. The van der Waals surface area contributed by atoms with Crippen LogP contribution in [0.2, 0.25) is 0 Å². The van der Waals surface area contributed by atoms with E-state index >= 15 is 0 Å². The number of halogens is 2. The van der Waals surface area contributed by atoms with Crippen LogP contribution in [-0.2, 0) is 0 Å². The van der Waals surface area contributed by atoms with E-state index in [-0.39, 0.29) is 11.4 Å². The van der Waals surface area contributed by atoms with Gasteiger partial charge >= 0.3 is 5.97 Å². The first-order valence-corrected chi connectivity index (χ1v) is 6.16. The van der Waals surface area contributed by atoms with Gasteiger partial charge in [0.05, 0.1) is 17.5 Å². The highest BCUT2D eigenvalue weighted by atomic mass is 127. The predicted octanol–water partition coefficient (Wildman–Crippen LogP) is 2.00. The largest absolute Gasteiger partial charge is 0.478 e. The lowest BCUT2D eigenvalue weighted by Gasteiger charge is -2.11. The Balaban J connectivity index is 2.72. The van der Waals surface area contributed by atoms with Gasteiger partial charge in [-0.15, -0.1) is 11.6 Å². The summed E-state index contributed by atoms with van der Waals surface area (Å²) in [6, 6.07) is 4.75. The number of carbonyl (C=O) groups is 1. The second kappa shape index (κ2) is 6.27. The predicted molar refractivity (Wildman–Crippen MR) is 71.3 cm³/mol. The number of anilines is 1. The van der Waals surface area contributed by atoms with Crippen molar-refractivity contribution in [1.82, 2.24) is 0 Å². The molecule has 0 radical (unpaired) electrons. The Morgan fingerprint density at radius 2 is 2.25 bits per heavy atom. The smallest absolute Gasteiger partial charge is 0.335 e. The van der Waals surface area contributed by atoms with E-state index in [2.05, 4.69) is 5.32 Å². The van der Waals surface area contributed by atoms with Crippen LogP contribution in [0.1, 0.15) is 10.4 Å². The minimum Gasteiger partial charge on any atom is -0.478 e. The molecule has 0 aliphatic rings. The maximum Gasteiger partial charge on any atom is 0.335 e. The lowest BCUT2D eigenvalue weighted by molar-refractivity contribution is 0.0697. The zero-order chi connectivity index (χ0) is 12.1. The van der Waals surface area contributed by atoms with Gasteiger partial charge in [0.2, 0.25) is 0 Å². The van der Waals surface area contributed by atoms with Gasteiger partial charge in [0.15, 0.2) is 0 Å². The van der Waals surface area contributed by atoms with Gasteiger partial charge in [-0.25, -0.2) is 4.79 Å². The van der Waals surface area contributed by atoms with Gasteiger partial charge in [-0.2, -0.15) is 0 Å². The van der Waals surface area contributed by atoms with E-state index in [0.29, 0.717) is 6.54 Å². The van der Waals surface area contributed by atoms with Crippen LogP contribution in [0.5, 0.6) is 0 Å². The fraction of sp³-hybridized carbons (Fsp3) is 0.300. The first-order valence-electron chi connectivity index (χ1n) is 4.55. The van der Waals surface area contributed by atoms with E-state index < -0.39 is 12.1 Å². The van der Waals surface area contributed by atoms with Crippen molar-refractivity contribution >= 4 is 45.8 Å². The van der Waals surface area contributed by atoms with E-state index in [1.165, 1.54) is 6.07 Å². The normalized spacial score (nSPS) is 12.2. The van der Waals surface area contributed by atoms with Crippen molar-refractivity contribution in [3.8, 4) is 0 Å². The summed E-state index contributed by atoms with van der Waals surface area (Å²) >= 11 is 7.49. The summed E-state index contributed by atoms with van der Waals surface area (Å²) in [6.07, 6.45) is -0.614. The number of carboxylic acid groups (broad SMARTS) is 1. The third kappa shape index (κ3) is 3.80. The van der Waals surface area contributed by atoms with Crippen molar-refractivity contribution in [3.05, 3.63) is 27.3 Å². The third-order valence-electron chi connectivity index (χ3n) is 1.92. The van der Waals surface area contributed by atoms with Crippen LogP contribution < -0.4 is 5.32 Å². The summed E-state index contributed by atoms with van der Waals surface area (Å²) in [7, 11) is 0. The van der Waals surface area contributed by atoms with Crippen LogP contribution in [0.3, 0.4) is 0 Å². The standard InChI is InChI=1S/C10H11ClINO3/c11-4-7(14)5-13-9-2-1-6(10(15)16)3-8(9)12/h1-3,7,13-14H,4-5H2,(H,15,16). The number of aromatic carboxylic acids is 1. The lowest BCUT2D eigenvalue weighted by atomic mass is 10.2. The summed E-state index contributed by atoms with van der Waals surface area (Å²) in [5.74, 6) is -0.790. The first kappa shape index (κ1) is 13.5. The molecule has 1 aromatic rings. The molecular formula is C10H11ClINO3. The van der Waals surface area contributed by atoms with Crippen molar-refractivity contribution in [1.29, 1.82) is 0 Å². The molecule has 0 bridgehead atoms. The Kier molecular flexibility index (Phi) is 5.30. The van der Waals surface area contributed by atoms with Gasteiger partial charge < -0.3 is 15.5 Å². The molecular weight excluding hydrogens is 344 g/mol. The second-order valence-corrected chi connectivity index (χ2v) is 4.66. The molecule has 0 aliphatic carbocycles. The monoisotopic (exact) mass is 355 g/mol. The van der Waals surface area contributed by atoms with Crippen molar-refractivity contribution in [2.24, 2.45) is 0 Å². The van der Waals surface area contributed by atoms with Crippen LogP contribution in [0.25, 0.3) is 0 Å². The van der Waals surface area contributed by atoms with Crippen LogP contribution in [0, 0.1) is 3.57 Å². The molecule has 0 amide bonds. The van der Waals surface area contributed by atoms with E-state index in [0.717, 1.165) is 9.26 Å². The molecule has 1 unspecified atom stereocenters. The molecule has 6 heteroatoms. The summed E-state index contributed by atoms with van der Waals surface area (Å²) in [5.41, 5.74) is 1.03. The maximum absolute atomic E-state index is 10.7. The SMILES string of the molecule is O=C(O)c1ccc(NCC(O)CCl)c(I)c1. The highest BCUT2D eigenvalue weighted by molar-refractivity contribution is 14.1. The molecule has 0 saturated carbocycles. The van der Waals surface area contributed by atoms with Crippen molar-refractivity contribution in [2.45, 2.75) is 6.10 Å². The van der Waals surface area contributed by atoms with Crippen LogP contribution >= 0.6 is 34.2 Å². The molecule has 1 aromatic carbocycles. The number of hydrogen-bond acceptors (Lipinski definition) is 3. The average molecular weight is 356 g/mol. The topological polar surface area (TPSA) is 69.6 Å². The molecule has 0 fully saturated rings. The summed E-state index contributed by atoms with van der Waals surface area (Å²) in [6.45, 7) is 0.339. The zero-order valence-electron chi connectivity index (χ0n) is 8.28. The number of rotatable bonds is 5. The van der Waals surface area contributed by atoms with Gasteiger partial charge in [0, 0.05) is 15.8 Å². The highest BCUT2D eigenvalue weighted by Gasteiger charge is 2.07. The van der Waals surface area contributed by atoms with Crippen molar-refractivity contribution in [2.75, 3.05) is 17.7 Å². The van der Waals surface area contributed by atoms with Gasteiger partial charge in [0.1, 0.15) is 0 Å². The van der Waals surface area contributed by atoms with Crippen LogP contribution in [0.4, 0.5) is 5.69 Å². The Hall–Kier alpha value is -0.530. The second-order valence-electron chi connectivity index (χ2n) is 3.19. The number of alkyl halides is 1. The Labute approximate surface area is 112 Å². The number of benzene rings is 1. The number of hydrogen-bond donors (Lipinski definition) is 3. The fourth-order valence-electron chi connectivity index (χ4n) is 1.07. The van der Waals surface area contributed by atoms with Crippen LogP contribution in [-0.4, -0.2) is 34.7 Å². The molecule has 0 saturated heterocycles. The zero-order valence-corrected chi connectivity index (χ0v) is 11.2. The number of carboxylic acids is 1. The molecule has 1 rings (SSSR count). The molecule has 1 atom stereocenters. The number of nitrogens with one attached hydrogen (secondary N) is 1. The molecule has 0 aromatic heterocycles. The molecule has 4 nitrogen and oxygen atoms in total. The van der Waals surface area contributed by atoms with Gasteiger partial charge in [-0.1, -0.05) is 0 Å². The minimum absolute atomic E-state index is 0.163. The van der Waals surface area contributed by atoms with E-state index in [1.807, 2.05) is 22.6 Å². The Morgan fingerprint density at radius 3 is 2.75 bits per heavy atom. The minimum atomic E-state index is -0.953. The van der Waals surface area contributed by atoms with E-state index in [9.17, 15) is 9.90 Å². The van der Waals surface area contributed by atoms with Crippen molar-refractivity contribution in [3.63, 3.8) is 0 Å². The lowest BCUT2D eigenvalue weighted by Crippen LogP contribution is -2.21. The first-order chi connectivity index (χ1) is 7.54. The Bertz CT molecular complexity index is 386. The molecule has 3 N–H and O–H groups in total. The molecule has 0 aliphatic heterocycles. The molecule has 16 heavy (non-hydrogen) atoms. The van der Waals surface area contributed by atoms with Gasteiger partial charge in [-0.05, 0) is 40.8 Å². The Morgan fingerprint density at radius 1 is 1.56 bits per heavy atom. The summed E-state index contributed by atoms with van der Waals surface area (Å²) in [4.78, 5) is 10.7. The van der Waals surface area contributed by atoms with E-state index in [4.69, 9.17) is 16.7 Å². The number of aliphatic hydroxyl groups is 1. The third-order valence-corrected chi connectivity index (χ3v) is 3.17. The summed E-state index contributed by atoms with van der Waals surface area (Å²) < 4.78 is 0.791. The molecule has 0 spiro atoms. The van der Waals surface area contributed by atoms with E-state index in [1.54, 1.807) is 12.1 Å². The number of aliphatic hydroxyl groups excluding tert-OH is 1. The van der Waals surface area contributed by atoms with Crippen LogP contribution in [0.15, 0.2) is 18.2 Å². The maximum atomic E-state index is 10.7. The quantitative estimate of drug-likeness (QED) is 0.558. The van der Waals surface area contributed by atoms with Gasteiger partial charge in [0.25, 0.3) is 0 Å². The fourth-order valence-corrected chi connectivity index (χ4v) is 1.89. The van der Waals surface area contributed by atoms with Crippen molar-refractivity contribution < 1.29 is 15.0 Å². The summed E-state index contributed by atoms with van der Waals surface area (Å²) in [5, 5.41) is 21.0. The van der Waals surface area contributed by atoms with Gasteiger partial charge in [-0.3, -0.25) is 0 Å². The molecule has 88 valence electrons.